The number of hydrogen-bond acceptors (Lipinski definition) is 0. The minimum atomic E-state index is 1.23. The summed E-state index contributed by atoms with van der Waals surface area (Å²) in [7, 11) is 0. The summed E-state index contributed by atoms with van der Waals surface area (Å²) < 4.78 is 0. The Kier molecular flexibility index (Phi) is 17.6. The summed E-state index contributed by atoms with van der Waals surface area (Å²) in [6, 6.07) is 0. The zero-order chi connectivity index (χ0) is 11.2. The minimum Gasteiger partial charge on any atom is -0.100 e. The smallest absolute Gasteiger partial charge is 0.0326 e. The van der Waals surface area contributed by atoms with Crippen LogP contribution in [-0.2, 0) is 0 Å². The van der Waals surface area contributed by atoms with E-state index in [0.717, 1.165) is 0 Å². The van der Waals surface area contributed by atoms with Gasteiger partial charge in [-0.2, -0.15) is 0 Å². The van der Waals surface area contributed by atoms with Crippen LogP contribution < -0.4 is 0 Å². The topological polar surface area (TPSA) is 0 Å². The molecule has 0 rings (SSSR count). The standard InChI is InChI=1S/C12H24.C2H6/c1-4-5-6-7-8-9-10-11-12(2)3;1-2/h2,4-11H2,1,3H3;1-2H3. The van der Waals surface area contributed by atoms with E-state index in [4.69, 9.17) is 0 Å². The fourth-order valence-corrected chi connectivity index (χ4v) is 1.38. The highest BCUT2D eigenvalue weighted by Crippen LogP contribution is 2.10. The Morgan fingerprint density at radius 3 is 1.71 bits per heavy atom. The van der Waals surface area contributed by atoms with Crippen LogP contribution in [0.15, 0.2) is 12.2 Å². The number of allylic oxidation sites excluding steroid dienone is 1. The lowest BCUT2D eigenvalue weighted by Crippen LogP contribution is -1.80. The second kappa shape index (κ2) is 15.2. The molecule has 0 fully saturated rings. The molecule has 14 heavy (non-hydrogen) atoms. The van der Waals surface area contributed by atoms with Gasteiger partial charge in [-0.15, -0.1) is 6.58 Å². The van der Waals surface area contributed by atoms with Crippen molar-refractivity contribution in [1.29, 1.82) is 0 Å². The summed E-state index contributed by atoms with van der Waals surface area (Å²) in [6.07, 6.45) is 11.0. The molecule has 0 N–H and O–H groups in total. The maximum absolute atomic E-state index is 3.90. The quantitative estimate of drug-likeness (QED) is 0.345. The predicted octanol–water partition coefficient (Wildman–Crippen LogP) is 5.73. The second-order valence-corrected chi connectivity index (χ2v) is 3.83. The molecule has 0 unspecified atom stereocenters. The third-order valence-corrected chi connectivity index (χ3v) is 2.21. The van der Waals surface area contributed by atoms with Crippen molar-refractivity contribution in [3.63, 3.8) is 0 Å². The van der Waals surface area contributed by atoms with Crippen LogP contribution in [0.1, 0.15) is 79.1 Å². The molecule has 0 aromatic carbocycles. The van der Waals surface area contributed by atoms with Crippen molar-refractivity contribution in [3.8, 4) is 0 Å². The summed E-state index contributed by atoms with van der Waals surface area (Å²) >= 11 is 0. The molecule has 0 heterocycles. The van der Waals surface area contributed by atoms with E-state index in [1.54, 1.807) is 0 Å². The van der Waals surface area contributed by atoms with E-state index in [2.05, 4.69) is 20.4 Å². The summed E-state index contributed by atoms with van der Waals surface area (Å²) in [4.78, 5) is 0. The Bertz CT molecular complexity index is 103. The molecule has 0 heteroatoms. The van der Waals surface area contributed by atoms with Gasteiger partial charge in [0.15, 0.2) is 0 Å². The van der Waals surface area contributed by atoms with Crippen LogP contribution in [0, 0.1) is 0 Å². The van der Waals surface area contributed by atoms with Crippen LogP contribution in [0.5, 0.6) is 0 Å². The molecule has 0 aromatic rings. The first-order chi connectivity index (χ1) is 6.77. The van der Waals surface area contributed by atoms with Gasteiger partial charge in [0.1, 0.15) is 0 Å². The summed E-state index contributed by atoms with van der Waals surface area (Å²) in [5, 5.41) is 0. The molecule has 0 atom stereocenters. The maximum Gasteiger partial charge on any atom is -0.0326 e. The molecule has 0 saturated heterocycles. The van der Waals surface area contributed by atoms with E-state index in [1.807, 2.05) is 13.8 Å². The summed E-state index contributed by atoms with van der Waals surface area (Å²) in [5.41, 5.74) is 1.34. The highest BCUT2D eigenvalue weighted by atomic mass is 14.0. The lowest BCUT2D eigenvalue weighted by molar-refractivity contribution is 0.589. The van der Waals surface area contributed by atoms with E-state index < -0.39 is 0 Å². The molecule has 0 aliphatic carbocycles. The van der Waals surface area contributed by atoms with E-state index in [9.17, 15) is 0 Å². The van der Waals surface area contributed by atoms with E-state index in [0.29, 0.717) is 0 Å². The number of hydrogen-bond donors (Lipinski definition) is 0. The molecule has 0 nitrogen and oxygen atoms in total. The summed E-state index contributed by atoms with van der Waals surface area (Å²) in [6.45, 7) is 12.3. The third-order valence-electron chi connectivity index (χ3n) is 2.21. The SMILES string of the molecule is C=C(C)CCCCCCCCC.CC. The highest BCUT2D eigenvalue weighted by Gasteiger charge is 1.90. The molecule has 0 aliphatic heterocycles. The summed E-state index contributed by atoms with van der Waals surface area (Å²) in [5.74, 6) is 0. The molecule has 0 radical (unpaired) electrons. The molecular formula is C14H30. The van der Waals surface area contributed by atoms with Gasteiger partial charge in [0.2, 0.25) is 0 Å². The molecule has 0 spiro atoms. The van der Waals surface area contributed by atoms with E-state index >= 15 is 0 Å². The van der Waals surface area contributed by atoms with Crippen LogP contribution in [0.2, 0.25) is 0 Å². The van der Waals surface area contributed by atoms with Crippen molar-refractivity contribution in [2.75, 3.05) is 0 Å². The first-order valence-electron chi connectivity index (χ1n) is 6.41. The second-order valence-electron chi connectivity index (χ2n) is 3.83. The highest BCUT2D eigenvalue weighted by molar-refractivity contribution is 4.86. The van der Waals surface area contributed by atoms with Gasteiger partial charge in [-0.3, -0.25) is 0 Å². The number of unbranched alkanes of at least 4 members (excludes halogenated alkanes) is 6. The van der Waals surface area contributed by atoms with Crippen molar-refractivity contribution in [1.82, 2.24) is 0 Å². The molecular weight excluding hydrogens is 168 g/mol. The normalized spacial score (nSPS) is 9.14. The van der Waals surface area contributed by atoms with Crippen molar-refractivity contribution >= 4 is 0 Å². The number of rotatable bonds is 8. The Morgan fingerprint density at radius 1 is 0.857 bits per heavy atom. The minimum absolute atomic E-state index is 1.23. The first-order valence-corrected chi connectivity index (χ1v) is 6.41. The van der Waals surface area contributed by atoms with E-state index in [-0.39, 0.29) is 0 Å². The van der Waals surface area contributed by atoms with Crippen LogP contribution in [-0.4, -0.2) is 0 Å². The van der Waals surface area contributed by atoms with Crippen LogP contribution in [0.3, 0.4) is 0 Å². The molecule has 0 aliphatic rings. The average Bonchev–Trinajstić information content (AvgIpc) is 2.19. The third kappa shape index (κ3) is 17.7. The van der Waals surface area contributed by atoms with Gasteiger partial charge in [-0.05, 0) is 19.8 Å². The van der Waals surface area contributed by atoms with Crippen molar-refractivity contribution < 1.29 is 0 Å². The van der Waals surface area contributed by atoms with E-state index in [1.165, 1.54) is 56.9 Å². The van der Waals surface area contributed by atoms with Crippen LogP contribution in [0.25, 0.3) is 0 Å². The van der Waals surface area contributed by atoms with Gasteiger partial charge in [0.05, 0.1) is 0 Å². The molecule has 0 bridgehead atoms. The zero-order valence-electron chi connectivity index (χ0n) is 10.9. The van der Waals surface area contributed by atoms with Gasteiger partial charge in [0, 0.05) is 0 Å². The van der Waals surface area contributed by atoms with Gasteiger partial charge in [-0.25, -0.2) is 0 Å². The van der Waals surface area contributed by atoms with Crippen molar-refractivity contribution in [2.24, 2.45) is 0 Å². The van der Waals surface area contributed by atoms with Crippen LogP contribution in [0.4, 0.5) is 0 Å². The monoisotopic (exact) mass is 198 g/mol. The Balaban J connectivity index is 0. The lowest BCUT2D eigenvalue weighted by atomic mass is 10.1. The zero-order valence-corrected chi connectivity index (χ0v) is 10.9. The lowest BCUT2D eigenvalue weighted by Gasteiger charge is -2.00. The molecule has 0 saturated carbocycles. The Hall–Kier alpha value is -0.260. The predicted molar refractivity (Wildman–Crippen MR) is 68.8 cm³/mol. The van der Waals surface area contributed by atoms with Gasteiger partial charge < -0.3 is 0 Å². The fourth-order valence-electron chi connectivity index (χ4n) is 1.38. The first kappa shape index (κ1) is 16.2. The average molecular weight is 198 g/mol. The van der Waals surface area contributed by atoms with Gasteiger partial charge in [-0.1, -0.05) is 64.9 Å². The van der Waals surface area contributed by atoms with Crippen LogP contribution >= 0.6 is 0 Å². The van der Waals surface area contributed by atoms with Gasteiger partial charge in [0.25, 0.3) is 0 Å². The Labute approximate surface area is 91.8 Å². The van der Waals surface area contributed by atoms with Crippen molar-refractivity contribution in [2.45, 2.75) is 79.1 Å². The largest absolute Gasteiger partial charge is 0.100 e. The Morgan fingerprint density at radius 2 is 1.29 bits per heavy atom. The van der Waals surface area contributed by atoms with Gasteiger partial charge >= 0.3 is 0 Å². The fraction of sp³-hybridized carbons (Fsp3) is 0.857. The molecule has 0 amide bonds. The maximum atomic E-state index is 3.90. The van der Waals surface area contributed by atoms with Crippen molar-refractivity contribution in [3.05, 3.63) is 12.2 Å². The molecule has 86 valence electrons. The molecule has 0 aromatic heterocycles.